The van der Waals surface area contributed by atoms with E-state index in [1.807, 2.05) is 13.3 Å². The number of rotatable bonds is 2. The van der Waals surface area contributed by atoms with Crippen molar-refractivity contribution < 1.29 is 26.3 Å². The summed E-state index contributed by atoms with van der Waals surface area (Å²) in [5.74, 6) is 0. The van der Waals surface area contributed by atoms with Crippen molar-refractivity contribution in [1.82, 2.24) is 19.9 Å². The van der Waals surface area contributed by atoms with Gasteiger partial charge in [-0.3, -0.25) is 9.97 Å². The van der Waals surface area contributed by atoms with Crippen LogP contribution in [0.3, 0.4) is 0 Å². The van der Waals surface area contributed by atoms with Gasteiger partial charge in [0.1, 0.15) is 11.4 Å². The average Bonchev–Trinajstić information content (AvgIpc) is 3.64. The van der Waals surface area contributed by atoms with Gasteiger partial charge >= 0.3 is 12.4 Å². The fourth-order valence-corrected chi connectivity index (χ4v) is 5.19. The van der Waals surface area contributed by atoms with Gasteiger partial charge in [0.15, 0.2) is 0 Å². The molecule has 2 aromatic carbocycles. The molecular weight excluding hydrogens is 770 g/mol. The molecule has 6 rings (SSSR count). The normalized spacial score (nSPS) is 11.0. The number of nitrogens with one attached hydrogen (secondary N) is 2. The van der Waals surface area contributed by atoms with Crippen LogP contribution < -0.4 is 0 Å². The summed E-state index contributed by atoms with van der Waals surface area (Å²) in [5, 5.41) is 2.21. The predicted molar refractivity (Wildman–Crippen MR) is 192 cm³/mol. The molecule has 17 heteroatoms. The number of hydrogen-bond acceptors (Lipinski definition) is 2. The lowest BCUT2D eigenvalue weighted by Crippen LogP contribution is -2.04. The maximum absolute atomic E-state index is 12.7. The summed E-state index contributed by atoms with van der Waals surface area (Å²) in [7, 11) is 4.83. The molecule has 0 radical (unpaired) electrons. The molecule has 0 aliphatic carbocycles. The van der Waals surface area contributed by atoms with E-state index in [4.69, 9.17) is 46.4 Å². The van der Waals surface area contributed by atoms with E-state index in [9.17, 15) is 26.3 Å². The van der Waals surface area contributed by atoms with Crippen molar-refractivity contribution in [1.29, 1.82) is 0 Å². The van der Waals surface area contributed by atoms with E-state index < -0.39 is 23.7 Å². The Balaban J connectivity index is 0.000000290. The molecule has 2 N–H and O–H groups in total. The molecule has 252 valence electrons. The Labute approximate surface area is 296 Å². The number of aromatic amines is 2. The van der Waals surface area contributed by atoms with Gasteiger partial charge in [-0.15, -0.1) is 30.9 Å². The number of aromatic nitrogens is 4. The smallest absolute Gasteiger partial charge is 0.351 e. The highest BCUT2D eigenvalue weighted by Crippen LogP contribution is 2.39. The van der Waals surface area contributed by atoms with Crippen molar-refractivity contribution >= 4 is 99.1 Å². The first-order valence-electron chi connectivity index (χ1n) is 12.9. The molecule has 0 spiro atoms. The van der Waals surface area contributed by atoms with Crippen LogP contribution in [-0.2, 0) is 12.4 Å². The molecule has 0 aliphatic rings. The average molecular weight is 795 g/mol. The Kier molecular flexibility index (Phi) is 15.1. The second-order valence-electron chi connectivity index (χ2n) is 8.91. The monoisotopic (exact) mass is 792 g/mol. The summed E-state index contributed by atoms with van der Waals surface area (Å²) in [6.45, 7) is 3.83. The van der Waals surface area contributed by atoms with Gasteiger partial charge in [-0.1, -0.05) is 59.7 Å². The van der Waals surface area contributed by atoms with Gasteiger partial charge in [-0.2, -0.15) is 26.3 Å². The molecule has 4 nitrogen and oxygen atoms in total. The van der Waals surface area contributed by atoms with Crippen LogP contribution in [0.1, 0.15) is 11.4 Å². The van der Waals surface area contributed by atoms with E-state index in [0.29, 0.717) is 64.2 Å². The molecule has 0 aliphatic heterocycles. The lowest BCUT2D eigenvalue weighted by atomic mass is 10.1. The van der Waals surface area contributed by atoms with Crippen LogP contribution in [-0.4, -0.2) is 33.3 Å². The molecule has 2 unspecified atom stereocenters. The number of alkyl halides is 6. The van der Waals surface area contributed by atoms with E-state index in [1.165, 1.54) is 24.5 Å². The van der Waals surface area contributed by atoms with Gasteiger partial charge in [0.05, 0.1) is 20.1 Å². The largest absolute Gasteiger partial charge is 0.431 e. The quantitative estimate of drug-likeness (QED) is 0.135. The molecular formula is C30H25Cl5F6N4P2. The molecule has 47 heavy (non-hydrogen) atoms. The van der Waals surface area contributed by atoms with Crippen LogP contribution >= 0.6 is 77.3 Å². The lowest BCUT2D eigenvalue weighted by molar-refractivity contribution is -0.141. The van der Waals surface area contributed by atoms with Gasteiger partial charge in [-0.25, -0.2) is 0 Å². The van der Waals surface area contributed by atoms with E-state index in [1.54, 1.807) is 36.7 Å². The highest BCUT2D eigenvalue weighted by atomic mass is 35.5. The molecule has 4 aromatic heterocycles. The van der Waals surface area contributed by atoms with Crippen LogP contribution in [0.5, 0.6) is 0 Å². The Hall–Kier alpha value is -2.29. The maximum atomic E-state index is 12.7. The summed E-state index contributed by atoms with van der Waals surface area (Å²) in [6, 6.07) is 11.5. The number of fused-ring (bicyclic) bond motifs is 2. The Bertz CT molecular complexity index is 1810. The van der Waals surface area contributed by atoms with E-state index in [-0.39, 0.29) is 12.4 Å². The first kappa shape index (κ1) is 40.9. The number of pyridine rings is 2. The van der Waals surface area contributed by atoms with Gasteiger partial charge in [0, 0.05) is 68.8 Å². The van der Waals surface area contributed by atoms with Crippen LogP contribution in [0.25, 0.3) is 44.1 Å². The van der Waals surface area contributed by atoms with E-state index in [0.717, 1.165) is 12.1 Å². The fraction of sp³-hybridized carbons (Fsp3) is 0.133. The predicted octanol–water partition coefficient (Wildman–Crippen LogP) is 12.5. The summed E-state index contributed by atoms with van der Waals surface area (Å²) < 4.78 is 76.3. The molecule has 4 heterocycles. The van der Waals surface area contributed by atoms with Crippen molar-refractivity contribution in [3.05, 3.63) is 105 Å². The number of halogens is 11. The summed E-state index contributed by atoms with van der Waals surface area (Å²) in [4.78, 5) is 12.4. The molecule has 0 saturated carbocycles. The van der Waals surface area contributed by atoms with Crippen molar-refractivity contribution in [3.8, 4) is 22.3 Å². The number of nitrogens with zero attached hydrogens (tertiary/aromatic N) is 2. The minimum atomic E-state index is -4.43. The second-order valence-corrected chi connectivity index (χ2v) is 10.5. The van der Waals surface area contributed by atoms with Crippen molar-refractivity contribution in [3.63, 3.8) is 0 Å². The zero-order valence-corrected chi connectivity index (χ0v) is 30.3. The summed E-state index contributed by atoms with van der Waals surface area (Å²) >= 11 is 24.4. The minimum absolute atomic E-state index is 0. The molecule has 0 saturated heterocycles. The van der Waals surface area contributed by atoms with E-state index in [2.05, 4.69) is 38.4 Å². The van der Waals surface area contributed by atoms with Gasteiger partial charge in [0.2, 0.25) is 0 Å². The first-order valence-corrected chi connectivity index (χ1v) is 16.7. The number of H-pyrrole nitrogens is 2. The fourth-order valence-electron chi connectivity index (χ4n) is 4.21. The highest BCUT2D eigenvalue weighted by molar-refractivity contribution is 7.15. The van der Waals surface area contributed by atoms with Crippen LogP contribution in [0.4, 0.5) is 26.3 Å². The van der Waals surface area contributed by atoms with Crippen molar-refractivity contribution in [2.24, 2.45) is 0 Å². The molecule has 0 bridgehead atoms. The molecule has 6 aromatic rings. The molecule has 0 fully saturated rings. The maximum Gasteiger partial charge on any atom is 0.431 e. The Morgan fingerprint density at radius 2 is 0.872 bits per heavy atom. The zero-order valence-electron chi connectivity index (χ0n) is 24.2. The van der Waals surface area contributed by atoms with E-state index >= 15 is 0 Å². The third-order valence-electron chi connectivity index (χ3n) is 6.15. The first-order chi connectivity index (χ1) is 21.7. The topological polar surface area (TPSA) is 57.4 Å². The summed E-state index contributed by atoms with van der Waals surface area (Å²) in [5.41, 5.74) is 1.37. The van der Waals surface area contributed by atoms with Gasteiger partial charge in [0.25, 0.3) is 0 Å². The highest BCUT2D eigenvalue weighted by Gasteiger charge is 2.33. The van der Waals surface area contributed by atoms with Crippen LogP contribution in [0, 0.1) is 0 Å². The van der Waals surface area contributed by atoms with Crippen LogP contribution in [0.15, 0.2) is 73.3 Å². The molecule has 2 atom stereocenters. The SMILES string of the molecule is CP.CP.Cl.FC(F)(F)c1cc2cc(-c3ccncc3Cl)c(Cl)cc2[nH]1.FC(F)(F)c1cc2cc(-c3ccncc3Cl)c(Cl)cc2[nH]1. The third-order valence-corrected chi connectivity index (χ3v) is 7.38. The van der Waals surface area contributed by atoms with Crippen molar-refractivity contribution in [2.45, 2.75) is 12.4 Å². The zero-order chi connectivity index (χ0) is 34.4. The number of hydrogen-bond donors (Lipinski definition) is 2. The minimum Gasteiger partial charge on any atom is -0.351 e. The second kappa shape index (κ2) is 17.4. The van der Waals surface area contributed by atoms with Crippen molar-refractivity contribution in [2.75, 3.05) is 13.3 Å². The van der Waals surface area contributed by atoms with Crippen LogP contribution in [0.2, 0.25) is 20.1 Å². The summed E-state index contributed by atoms with van der Waals surface area (Å²) in [6.07, 6.45) is -2.87. The van der Waals surface area contributed by atoms with Gasteiger partial charge in [-0.05, 0) is 48.5 Å². The third kappa shape index (κ3) is 9.88. The van der Waals surface area contributed by atoms with Gasteiger partial charge < -0.3 is 9.97 Å². The Morgan fingerprint density at radius 1 is 0.532 bits per heavy atom. The molecule has 0 amide bonds. The number of benzene rings is 2. The standard InChI is InChI=1S/2C14H7Cl2F3N2.2CH5P.ClH/c2*15-10-5-12-7(4-13(21-12)14(17,18)19)3-9(10)8-1-2-20-6-11(8)16;2*1-2;/h2*1-6,21H;2*2H2,1H3;1H. The lowest BCUT2D eigenvalue weighted by Gasteiger charge is -2.06. The Morgan fingerprint density at radius 3 is 1.17 bits per heavy atom.